The number of carbonyl (C=O) groups is 1. The van der Waals surface area contributed by atoms with Crippen molar-refractivity contribution in [3.05, 3.63) is 68.7 Å². The van der Waals surface area contributed by atoms with E-state index < -0.39 is 17.1 Å². The number of hydrogen-bond acceptors (Lipinski definition) is 3. The second kappa shape index (κ2) is 5.80. The van der Waals surface area contributed by atoms with Gasteiger partial charge in [-0.05, 0) is 36.8 Å². The number of aromatic nitrogens is 2. The first-order chi connectivity index (χ1) is 11.0. The topological polar surface area (TPSA) is 107 Å². The lowest BCUT2D eigenvalue weighted by atomic mass is 10.2. The van der Waals surface area contributed by atoms with Crippen LogP contribution in [-0.4, -0.2) is 16.0 Å². The monoisotopic (exact) mass is 310 g/mol. The number of nitrogens with one attached hydrogen (secondary N) is 4. The number of rotatable bonds is 2. The van der Waals surface area contributed by atoms with Crippen LogP contribution in [0.25, 0.3) is 11.0 Å². The molecule has 2 aromatic carbocycles. The van der Waals surface area contributed by atoms with Crippen molar-refractivity contribution in [1.29, 1.82) is 0 Å². The number of para-hydroxylation sites is 1. The molecule has 1 heterocycles. The van der Waals surface area contributed by atoms with Crippen LogP contribution in [0.5, 0.6) is 0 Å². The number of carbonyl (C=O) groups excluding carboxylic acids is 1. The Kier molecular flexibility index (Phi) is 3.68. The number of H-pyrrole nitrogens is 2. The second-order valence-corrected chi connectivity index (χ2v) is 5.06. The zero-order chi connectivity index (χ0) is 16.4. The minimum atomic E-state index is -0.737. The summed E-state index contributed by atoms with van der Waals surface area (Å²) in [4.78, 5) is 39.6. The summed E-state index contributed by atoms with van der Waals surface area (Å²) in [5.41, 5.74) is 1.62. The van der Waals surface area contributed by atoms with Crippen molar-refractivity contribution in [3.63, 3.8) is 0 Å². The SMILES string of the molecule is Cc1ccccc1NC(=O)Nc1ccc2[nH]c(=O)c(=O)[nH]c2c1. The van der Waals surface area contributed by atoms with E-state index in [1.807, 2.05) is 25.1 Å². The molecule has 1 aromatic heterocycles. The molecule has 4 N–H and O–H groups in total. The molecule has 3 aromatic rings. The van der Waals surface area contributed by atoms with Gasteiger partial charge in [-0.2, -0.15) is 0 Å². The van der Waals surface area contributed by atoms with Gasteiger partial charge in [-0.15, -0.1) is 0 Å². The van der Waals surface area contributed by atoms with E-state index in [4.69, 9.17) is 0 Å². The van der Waals surface area contributed by atoms with Crippen molar-refractivity contribution in [2.24, 2.45) is 0 Å². The fraction of sp³-hybridized carbons (Fsp3) is 0.0625. The Morgan fingerprint density at radius 2 is 1.61 bits per heavy atom. The van der Waals surface area contributed by atoms with Gasteiger partial charge in [0.25, 0.3) is 0 Å². The highest BCUT2D eigenvalue weighted by atomic mass is 16.2. The molecule has 3 rings (SSSR count). The van der Waals surface area contributed by atoms with Crippen LogP contribution in [0.15, 0.2) is 52.1 Å². The van der Waals surface area contributed by atoms with Crippen molar-refractivity contribution in [3.8, 4) is 0 Å². The normalized spacial score (nSPS) is 10.5. The van der Waals surface area contributed by atoms with E-state index in [-0.39, 0.29) is 0 Å². The third-order valence-corrected chi connectivity index (χ3v) is 3.37. The van der Waals surface area contributed by atoms with Gasteiger partial charge < -0.3 is 20.6 Å². The molecule has 0 aliphatic rings. The highest BCUT2D eigenvalue weighted by Crippen LogP contribution is 2.16. The maximum atomic E-state index is 12.0. The molecule has 0 saturated carbocycles. The second-order valence-electron chi connectivity index (χ2n) is 5.06. The highest BCUT2D eigenvalue weighted by Gasteiger charge is 2.06. The van der Waals surface area contributed by atoms with Crippen molar-refractivity contribution in [1.82, 2.24) is 9.97 Å². The van der Waals surface area contributed by atoms with Gasteiger partial charge in [-0.3, -0.25) is 9.59 Å². The summed E-state index contributed by atoms with van der Waals surface area (Å²) in [6, 6.07) is 11.8. The van der Waals surface area contributed by atoms with E-state index in [1.54, 1.807) is 24.3 Å². The molecule has 2 amide bonds. The van der Waals surface area contributed by atoms with Crippen LogP contribution in [0.3, 0.4) is 0 Å². The van der Waals surface area contributed by atoms with Crippen molar-refractivity contribution in [2.45, 2.75) is 6.92 Å². The minimum absolute atomic E-state index is 0.398. The van der Waals surface area contributed by atoms with Crippen LogP contribution in [0.2, 0.25) is 0 Å². The van der Waals surface area contributed by atoms with E-state index in [0.717, 1.165) is 5.56 Å². The van der Waals surface area contributed by atoms with E-state index >= 15 is 0 Å². The summed E-state index contributed by atoms with van der Waals surface area (Å²) >= 11 is 0. The molecule has 7 nitrogen and oxygen atoms in total. The number of anilines is 2. The maximum Gasteiger partial charge on any atom is 0.323 e. The summed E-state index contributed by atoms with van der Waals surface area (Å²) < 4.78 is 0. The predicted molar refractivity (Wildman–Crippen MR) is 89.0 cm³/mol. The van der Waals surface area contributed by atoms with Gasteiger partial charge >= 0.3 is 17.1 Å². The van der Waals surface area contributed by atoms with Gasteiger partial charge in [-0.1, -0.05) is 18.2 Å². The summed E-state index contributed by atoms with van der Waals surface area (Å²) in [6.45, 7) is 1.90. The standard InChI is InChI=1S/C16H14N4O3/c1-9-4-2-3-5-11(9)20-16(23)17-10-6-7-12-13(8-10)19-15(22)14(21)18-12/h2-8H,1H3,(H,18,21)(H,19,22)(H2,17,20,23). The summed E-state index contributed by atoms with van der Waals surface area (Å²) in [6.07, 6.45) is 0. The lowest BCUT2D eigenvalue weighted by molar-refractivity contribution is 0.262. The quantitative estimate of drug-likeness (QED) is 0.545. The van der Waals surface area contributed by atoms with E-state index in [2.05, 4.69) is 20.6 Å². The number of fused-ring (bicyclic) bond motifs is 1. The fourth-order valence-corrected chi connectivity index (χ4v) is 2.19. The number of aromatic amines is 2. The zero-order valence-electron chi connectivity index (χ0n) is 12.3. The van der Waals surface area contributed by atoms with Gasteiger partial charge in [0.1, 0.15) is 0 Å². The largest absolute Gasteiger partial charge is 0.323 e. The molecule has 0 aliphatic carbocycles. The lowest BCUT2D eigenvalue weighted by Crippen LogP contribution is -2.29. The molecular formula is C16H14N4O3. The first-order valence-electron chi connectivity index (χ1n) is 6.93. The van der Waals surface area contributed by atoms with Crippen LogP contribution >= 0.6 is 0 Å². The van der Waals surface area contributed by atoms with Crippen LogP contribution in [-0.2, 0) is 0 Å². The predicted octanol–water partition coefficient (Wildman–Crippen LogP) is 2.17. The fourth-order valence-electron chi connectivity index (χ4n) is 2.19. The smallest absolute Gasteiger partial charge is 0.316 e. The molecule has 0 saturated heterocycles. The first kappa shape index (κ1) is 14.6. The first-order valence-corrected chi connectivity index (χ1v) is 6.93. The number of hydrogen-bond donors (Lipinski definition) is 4. The van der Waals surface area contributed by atoms with Crippen molar-refractivity contribution >= 4 is 28.4 Å². The van der Waals surface area contributed by atoms with Gasteiger partial charge in [0.2, 0.25) is 0 Å². The minimum Gasteiger partial charge on any atom is -0.316 e. The Balaban J connectivity index is 1.82. The molecule has 116 valence electrons. The van der Waals surface area contributed by atoms with Crippen LogP contribution < -0.4 is 21.8 Å². The third-order valence-electron chi connectivity index (χ3n) is 3.37. The highest BCUT2D eigenvalue weighted by molar-refractivity contribution is 6.01. The van der Waals surface area contributed by atoms with Gasteiger partial charge in [-0.25, -0.2) is 4.79 Å². The summed E-state index contributed by atoms with van der Waals surface area (Å²) in [5.74, 6) is 0. The third kappa shape index (κ3) is 3.13. The molecule has 23 heavy (non-hydrogen) atoms. The summed E-state index contributed by atoms with van der Waals surface area (Å²) in [5, 5.41) is 5.43. The lowest BCUT2D eigenvalue weighted by Gasteiger charge is -2.10. The molecule has 0 atom stereocenters. The molecule has 0 spiro atoms. The Morgan fingerprint density at radius 1 is 0.913 bits per heavy atom. The van der Waals surface area contributed by atoms with Gasteiger partial charge in [0, 0.05) is 11.4 Å². The Bertz CT molecular complexity index is 1000. The zero-order valence-corrected chi connectivity index (χ0v) is 12.3. The van der Waals surface area contributed by atoms with Crippen molar-refractivity contribution in [2.75, 3.05) is 10.6 Å². The number of benzene rings is 2. The molecule has 7 heteroatoms. The van der Waals surface area contributed by atoms with Crippen LogP contribution in [0.4, 0.5) is 16.2 Å². The molecule has 0 aliphatic heterocycles. The average Bonchev–Trinajstić information content (AvgIpc) is 2.51. The van der Waals surface area contributed by atoms with Gasteiger partial charge in [0.05, 0.1) is 11.0 Å². The number of amides is 2. The van der Waals surface area contributed by atoms with Crippen LogP contribution in [0, 0.1) is 6.92 Å². The Hall–Kier alpha value is -3.35. The Labute approximate surface area is 130 Å². The molecule has 0 radical (unpaired) electrons. The number of aryl methyl sites for hydroxylation is 1. The van der Waals surface area contributed by atoms with Gasteiger partial charge in [0.15, 0.2) is 0 Å². The molecule has 0 unspecified atom stereocenters. The van der Waals surface area contributed by atoms with Crippen molar-refractivity contribution < 1.29 is 4.79 Å². The molecule has 0 bridgehead atoms. The summed E-state index contributed by atoms with van der Waals surface area (Å²) in [7, 11) is 0. The van der Waals surface area contributed by atoms with Crippen LogP contribution in [0.1, 0.15) is 5.56 Å². The maximum absolute atomic E-state index is 12.0. The Morgan fingerprint density at radius 3 is 2.35 bits per heavy atom. The van der Waals surface area contributed by atoms with E-state index in [9.17, 15) is 14.4 Å². The molecule has 0 fully saturated rings. The molecular weight excluding hydrogens is 296 g/mol. The average molecular weight is 310 g/mol. The van der Waals surface area contributed by atoms with E-state index in [1.165, 1.54) is 0 Å². The number of urea groups is 1. The van der Waals surface area contributed by atoms with E-state index in [0.29, 0.717) is 22.4 Å².